The molecule has 0 radical (unpaired) electrons. The molecule has 0 saturated heterocycles. The van der Waals surface area contributed by atoms with Crippen molar-refractivity contribution in [3.05, 3.63) is 47.8 Å². The minimum atomic E-state index is -0.409. The number of hydrogen-bond donors (Lipinski definition) is 2. The van der Waals surface area contributed by atoms with E-state index in [1.165, 1.54) is 20.3 Å². The average Bonchev–Trinajstić information content (AvgIpc) is 2.66. The molecule has 1 unspecified atom stereocenters. The number of amides is 1. The highest BCUT2D eigenvalue weighted by Crippen LogP contribution is 2.29. The van der Waals surface area contributed by atoms with E-state index in [9.17, 15) is 9.18 Å². The number of anilines is 1. The van der Waals surface area contributed by atoms with Gasteiger partial charge in [-0.25, -0.2) is 4.39 Å². The highest BCUT2D eigenvalue weighted by Gasteiger charge is 2.13. The van der Waals surface area contributed by atoms with E-state index in [1.54, 1.807) is 37.4 Å². The number of carbonyl (C=O) groups is 1. The van der Waals surface area contributed by atoms with Crippen molar-refractivity contribution in [1.29, 1.82) is 0 Å². The first-order valence-electron chi connectivity index (χ1n) is 8.54. The number of benzene rings is 2. The lowest BCUT2D eigenvalue weighted by Crippen LogP contribution is -2.30. The Labute approximate surface area is 158 Å². The predicted molar refractivity (Wildman–Crippen MR) is 102 cm³/mol. The Hall–Kier alpha value is -2.80. The van der Waals surface area contributed by atoms with Crippen LogP contribution in [0.5, 0.6) is 17.2 Å². The Balaban J connectivity index is 1.87. The molecule has 0 saturated carbocycles. The molecule has 2 aromatic carbocycles. The van der Waals surface area contributed by atoms with Crippen molar-refractivity contribution in [3.8, 4) is 17.2 Å². The van der Waals surface area contributed by atoms with Crippen molar-refractivity contribution in [2.24, 2.45) is 0 Å². The topological polar surface area (TPSA) is 68.8 Å². The molecular weight excluding hydrogens is 351 g/mol. The fourth-order valence-electron chi connectivity index (χ4n) is 2.57. The fourth-order valence-corrected chi connectivity index (χ4v) is 2.57. The quantitative estimate of drug-likeness (QED) is 0.702. The Kier molecular flexibility index (Phi) is 7.43. The second-order valence-electron chi connectivity index (χ2n) is 6.07. The molecular formula is C20H25FN2O4. The molecule has 2 N–H and O–H groups in total. The van der Waals surface area contributed by atoms with Crippen molar-refractivity contribution >= 4 is 11.6 Å². The Morgan fingerprint density at radius 2 is 1.78 bits per heavy atom. The number of hydrogen-bond acceptors (Lipinski definition) is 5. The van der Waals surface area contributed by atoms with Gasteiger partial charge in [-0.3, -0.25) is 4.79 Å². The van der Waals surface area contributed by atoms with Gasteiger partial charge in [0.2, 0.25) is 5.91 Å². The summed E-state index contributed by atoms with van der Waals surface area (Å²) < 4.78 is 29.0. The standard InChI is InChI=1S/C20H25FN2O4/c1-13(22-12-14-5-8-18(26-3)16(21)10-14)9-20(24)23-17-7-6-15(25-2)11-19(17)27-4/h5-8,10-11,13,22H,9,12H2,1-4H3,(H,23,24). The van der Waals surface area contributed by atoms with Crippen molar-refractivity contribution in [2.75, 3.05) is 26.6 Å². The molecule has 2 aromatic rings. The van der Waals surface area contributed by atoms with Crippen LogP contribution in [-0.2, 0) is 11.3 Å². The molecule has 0 heterocycles. The summed E-state index contributed by atoms with van der Waals surface area (Å²) in [6.45, 7) is 2.34. The number of methoxy groups -OCH3 is 3. The third-order valence-corrected chi connectivity index (χ3v) is 4.05. The maximum Gasteiger partial charge on any atom is 0.226 e. The van der Waals surface area contributed by atoms with E-state index in [1.807, 2.05) is 6.92 Å². The van der Waals surface area contributed by atoms with Crippen LogP contribution in [0.15, 0.2) is 36.4 Å². The van der Waals surface area contributed by atoms with Gasteiger partial charge in [-0.1, -0.05) is 6.07 Å². The molecule has 2 rings (SSSR count). The van der Waals surface area contributed by atoms with Crippen LogP contribution >= 0.6 is 0 Å². The van der Waals surface area contributed by atoms with Crippen LogP contribution in [0.2, 0.25) is 0 Å². The van der Waals surface area contributed by atoms with Crippen molar-refractivity contribution in [1.82, 2.24) is 5.32 Å². The molecule has 7 heteroatoms. The van der Waals surface area contributed by atoms with Gasteiger partial charge in [-0.15, -0.1) is 0 Å². The monoisotopic (exact) mass is 376 g/mol. The van der Waals surface area contributed by atoms with Crippen molar-refractivity contribution in [3.63, 3.8) is 0 Å². The smallest absolute Gasteiger partial charge is 0.226 e. The summed E-state index contributed by atoms with van der Waals surface area (Å²) >= 11 is 0. The molecule has 0 fully saturated rings. The molecule has 6 nitrogen and oxygen atoms in total. The van der Waals surface area contributed by atoms with Gasteiger partial charge < -0.3 is 24.8 Å². The van der Waals surface area contributed by atoms with Gasteiger partial charge >= 0.3 is 0 Å². The molecule has 1 amide bonds. The Morgan fingerprint density at radius 1 is 1.04 bits per heavy atom. The summed E-state index contributed by atoms with van der Waals surface area (Å²) in [5.74, 6) is 0.816. The Morgan fingerprint density at radius 3 is 2.41 bits per heavy atom. The molecule has 0 spiro atoms. The lowest BCUT2D eigenvalue weighted by molar-refractivity contribution is -0.116. The summed E-state index contributed by atoms with van der Waals surface area (Å²) in [6, 6.07) is 9.87. The minimum Gasteiger partial charge on any atom is -0.497 e. The van der Waals surface area contributed by atoms with Crippen LogP contribution in [0.3, 0.4) is 0 Å². The van der Waals surface area contributed by atoms with E-state index in [0.29, 0.717) is 23.7 Å². The number of rotatable bonds is 9. The second kappa shape index (κ2) is 9.78. The highest BCUT2D eigenvalue weighted by atomic mass is 19.1. The van der Waals surface area contributed by atoms with Gasteiger partial charge in [0.1, 0.15) is 11.5 Å². The normalized spacial score (nSPS) is 11.6. The van der Waals surface area contributed by atoms with Crippen molar-refractivity contribution in [2.45, 2.75) is 25.9 Å². The van der Waals surface area contributed by atoms with E-state index >= 15 is 0 Å². The maximum absolute atomic E-state index is 13.7. The second-order valence-corrected chi connectivity index (χ2v) is 6.07. The number of nitrogens with one attached hydrogen (secondary N) is 2. The van der Waals surface area contributed by atoms with Gasteiger partial charge in [0.05, 0.1) is 27.0 Å². The zero-order valence-electron chi connectivity index (χ0n) is 16.0. The third kappa shape index (κ3) is 5.86. The van der Waals surface area contributed by atoms with E-state index in [0.717, 1.165) is 5.56 Å². The summed E-state index contributed by atoms with van der Waals surface area (Å²) in [7, 11) is 4.52. The number of ether oxygens (including phenoxy) is 3. The Bertz CT molecular complexity index is 783. The molecule has 1 atom stereocenters. The number of halogens is 1. The van der Waals surface area contributed by atoms with E-state index in [4.69, 9.17) is 14.2 Å². The summed E-state index contributed by atoms with van der Waals surface area (Å²) in [4.78, 5) is 12.3. The van der Waals surface area contributed by atoms with Crippen LogP contribution in [0.1, 0.15) is 18.9 Å². The first-order chi connectivity index (χ1) is 13.0. The third-order valence-electron chi connectivity index (χ3n) is 4.05. The van der Waals surface area contributed by atoms with E-state index in [-0.39, 0.29) is 24.1 Å². The van der Waals surface area contributed by atoms with Crippen molar-refractivity contribution < 1.29 is 23.4 Å². The molecule has 27 heavy (non-hydrogen) atoms. The molecule has 0 bridgehead atoms. The van der Waals surface area contributed by atoms with Crippen LogP contribution in [0.4, 0.5) is 10.1 Å². The zero-order valence-corrected chi connectivity index (χ0v) is 16.0. The lowest BCUT2D eigenvalue weighted by Gasteiger charge is -2.16. The molecule has 0 aliphatic heterocycles. The molecule has 0 aliphatic rings. The van der Waals surface area contributed by atoms with Gasteiger partial charge in [-0.2, -0.15) is 0 Å². The van der Waals surface area contributed by atoms with Gasteiger partial charge in [-0.05, 0) is 36.8 Å². The minimum absolute atomic E-state index is 0.0978. The van der Waals surface area contributed by atoms with E-state index < -0.39 is 5.82 Å². The van der Waals surface area contributed by atoms with Crippen LogP contribution in [0.25, 0.3) is 0 Å². The lowest BCUT2D eigenvalue weighted by atomic mass is 10.1. The average molecular weight is 376 g/mol. The summed E-state index contributed by atoms with van der Waals surface area (Å²) in [6.07, 6.45) is 0.258. The molecule has 0 aromatic heterocycles. The SMILES string of the molecule is COc1ccc(NC(=O)CC(C)NCc2ccc(OC)c(F)c2)c(OC)c1. The van der Waals surface area contributed by atoms with Gasteiger partial charge in [0, 0.05) is 25.1 Å². The largest absolute Gasteiger partial charge is 0.497 e. The summed E-state index contributed by atoms with van der Waals surface area (Å²) in [5, 5.41) is 6.04. The molecule has 146 valence electrons. The van der Waals surface area contributed by atoms with Crippen LogP contribution in [-0.4, -0.2) is 33.3 Å². The zero-order chi connectivity index (χ0) is 19.8. The fraction of sp³-hybridized carbons (Fsp3) is 0.350. The highest BCUT2D eigenvalue weighted by molar-refractivity contribution is 5.92. The first-order valence-corrected chi connectivity index (χ1v) is 8.54. The van der Waals surface area contributed by atoms with E-state index in [2.05, 4.69) is 10.6 Å². The predicted octanol–water partition coefficient (Wildman–Crippen LogP) is 3.36. The summed E-state index contributed by atoms with van der Waals surface area (Å²) in [5.41, 5.74) is 1.35. The van der Waals surface area contributed by atoms with Gasteiger partial charge in [0.15, 0.2) is 11.6 Å². The van der Waals surface area contributed by atoms with Crippen LogP contribution in [0, 0.1) is 5.82 Å². The molecule has 0 aliphatic carbocycles. The first kappa shape index (κ1) is 20.5. The van der Waals surface area contributed by atoms with Gasteiger partial charge in [0.25, 0.3) is 0 Å². The maximum atomic E-state index is 13.7. The number of carbonyl (C=O) groups excluding carboxylic acids is 1. The van der Waals surface area contributed by atoms with Crippen LogP contribution < -0.4 is 24.8 Å².